The Bertz CT molecular complexity index is 234. The van der Waals surface area contributed by atoms with Crippen molar-refractivity contribution in [3.8, 4) is 0 Å². The lowest BCUT2D eigenvalue weighted by Gasteiger charge is -2.12. The van der Waals surface area contributed by atoms with Gasteiger partial charge in [-0.3, -0.25) is 9.59 Å². The fraction of sp³-hybridized carbons (Fsp3) is 0.700. The first-order valence-electron chi connectivity index (χ1n) is 5.16. The highest BCUT2D eigenvalue weighted by Crippen LogP contribution is 2.10. The second kappa shape index (κ2) is 8.70. The van der Waals surface area contributed by atoms with E-state index in [4.69, 9.17) is 14.7 Å². The molecular weight excluding hydrogens is 214 g/mol. The minimum Gasteiger partial charge on any atom is -0.465 e. The largest absolute Gasteiger partial charge is 0.465 e. The van der Waals surface area contributed by atoms with E-state index >= 15 is 0 Å². The van der Waals surface area contributed by atoms with Crippen molar-refractivity contribution in [2.45, 2.75) is 26.7 Å². The van der Waals surface area contributed by atoms with Crippen LogP contribution in [0.25, 0.3) is 0 Å². The zero-order valence-corrected chi connectivity index (χ0v) is 9.51. The lowest BCUT2D eigenvalue weighted by atomic mass is 10.0. The van der Waals surface area contributed by atoms with E-state index < -0.39 is 17.9 Å². The van der Waals surface area contributed by atoms with Crippen molar-refractivity contribution < 1.29 is 24.3 Å². The summed E-state index contributed by atoms with van der Waals surface area (Å²) in [6, 6.07) is 0. The summed E-state index contributed by atoms with van der Waals surface area (Å²) in [5.74, 6) is -2.16. The Morgan fingerprint density at radius 2 is 1.75 bits per heavy atom. The maximum atomic E-state index is 11.4. The Balaban J connectivity index is 4.36. The molecular formula is C10H17NO5. The minimum atomic E-state index is -0.946. The van der Waals surface area contributed by atoms with Crippen LogP contribution >= 0.6 is 0 Å². The summed E-state index contributed by atoms with van der Waals surface area (Å²) in [5, 5.41) is 11.0. The molecule has 92 valence electrons. The molecule has 0 radical (unpaired) electrons. The van der Waals surface area contributed by atoms with Gasteiger partial charge in [-0.05, 0) is 26.7 Å². The predicted molar refractivity (Wildman–Crippen MR) is 56.3 cm³/mol. The smallest absolute Gasteiger partial charge is 0.320 e. The van der Waals surface area contributed by atoms with Gasteiger partial charge in [0.15, 0.2) is 5.92 Å². The topological polar surface area (TPSA) is 85.2 Å². The highest BCUT2D eigenvalue weighted by molar-refractivity contribution is 5.95. The molecule has 0 bridgehead atoms. The van der Waals surface area contributed by atoms with Crippen molar-refractivity contribution in [2.75, 3.05) is 13.2 Å². The fourth-order valence-electron chi connectivity index (χ4n) is 1.12. The molecule has 0 aliphatic carbocycles. The van der Waals surface area contributed by atoms with Gasteiger partial charge in [0.05, 0.1) is 13.2 Å². The molecule has 0 rings (SSSR count). The van der Waals surface area contributed by atoms with Gasteiger partial charge in [-0.15, -0.1) is 5.16 Å². The summed E-state index contributed by atoms with van der Waals surface area (Å²) in [7, 11) is 0. The number of hydrogen-bond acceptors (Lipinski definition) is 6. The van der Waals surface area contributed by atoms with Gasteiger partial charge in [-0.25, -0.2) is 0 Å². The van der Waals surface area contributed by atoms with Gasteiger partial charge in [0.1, 0.15) is 0 Å². The molecule has 6 nitrogen and oxygen atoms in total. The van der Waals surface area contributed by atoms with Gasteiger partial charge in [0.2, 0.25) is 0 Å². The van der Waals surface area contributed by atoms with Crippen LogP contribution in [0.4, 0.5) is 0 Å². The summed E-state index contributed by atoms with van der Waals surface area (Å²) in [5.41, 5.74) is 0. The van der Waals surface area contributed by atoms with E-state index in [1.54, 1.807) is 13.8 Å². The third-order valence-electron chi connectivity index (χ3n) is 1.81. The van der Waals surface area contributed by atoms with Crippen molar-refractivity contribution >= 4 is 18.2 Å². The van der Waals surface area contributed by atoms with Crippen LogP contribution in [0.1, 0.15) is 26.7 Å². The highest BCUT2D eigenvalue weighted by atomic mass is 16.6. The fourth-order valence-corrected chi connectivity index (χ4v) is 1.12. The molecule has 6 heteroatoms. The molecule has 0 aliphatic heterocycles. The number of rotatable bonds is 7. The maximum Gasteiger partial charge on any atom is 0.320 e. The molecule has 0 aromatic heterocycles. The molecule has 0 amide bonds. The van der Waals surface area contributed by atoms with Gasteiger partial charge in [-0.1, -0.05) is 0 Å². The van der Waals surface area contributed by atoms with Crippen LogP contribution in [0, 0.1) is 5.92 Å². The van der Waals surface area contributed by atoms with Crippen LogP contribution in [0.5, 0.6) is 0 Å². The van der Waals surface area contributed by atoms with E-state index in [-0.39, 0.29) is 19.6 Å². The number of carbonyl (C=O) groups is 2. The van der Waals surface area contributed by atoms with E-state index in [0.29, 0.717) is 6.42 Å². The Labute approximate surface area is 94.2 Å². The Kier molecular flexibility index (Phi) is 7.83. The number of ether oxygens (including phenoxy) is 2. The lowest BCUT2D eigenvalue weighted by molar-refractivity contribution is -0.161. The number of hydrogen-bond donors (Lipinski definition) is 1. The number of carbonyl (C=O) groups excluding carboxylic acids is 2. The van der Waals surface area contributed by atoms with Crippen molar-refractivity contribution in [2.24, 2.45) is 11.1 Å². The van der Waals surface area contributed by atoms with Crippen LogP contribution in [0.2, 0.25) is 0 Å². The number of oxime groups is 1. The standard InChI is InChI=1S/C10H17NO5/c1-3-15-9(12)8(6-5-7-11-14)10(13)16-4-2/h7-8,14H,3-6H2,1-2H3. The maximum absolute atomic E-state index is 11.4. The monoisotopic (exact) mass is 231 g/mol. The van der Waals surface area contributed by atoms with Gasteiger partial charge in [0, 0.05) is 6.21 Å². The van der Waals surface area contributed by atoms with E-state index in [1.807, 2.05) is 0 Å². The molecule has 16 heavy (non-hydrogen) atoms. The van der Waals surface area contributed by atoms with E-state index in [2.05, 4.69) is 5.16 Å². The van der Waals surface area contributed by atoms with Crippen molar-refractivity contribution in [3.05, 3.63) is 0 Å². The predicted octanol–water partition coefficient (Wildman–Crippen LogP) is 0.969. The number of esters is 2. The van der Waals surface area contributed by atoms with Crippen LogP contribution in [0.3, 0.4) is 0 Å². The normalized spacial score (nSPS) is 10.7. The molecule has 0 aromatic carbocycles. The Hall–Kier alpha value is -1.59. The van der Waals surface area contributed by atoms with Gasteiger partial charge in [-0.2, -0.15) is 0 Å². The zero-order chi connectivity index (χ0) is 12.4. The molecule has 0 saturated heterocycles. The molecule has 0 heterocycles. The average molecular weight is 231 g/mol. The lowest BCUT2D eigenvalue weighted by Crippen LogP contribution is -2.28. The quantitative estimate of drug-likeness (QED) is 0.232. The van der Waals surface area contributed by atoms with Gasteiger partial charge >= 0.3 is 11.9 Å². The third kappa shape index (κ3) is 5.33. The average Bonchev–Trinajstić information content (AvgIpc) is 2.25. The molecule has 0 saturated carbocycles. The van der Waals surface area contributed by atoms with Crippen LogP contribution in [-0.4, -0.2) is 36.6 Å². The highest BCUT2D eigenvalue weighted by Gasteiger charge is 2.28. The molecule has 0 atom stereocenters. The first-order chi connectivity index (χ1) is 7.67. The summed E-state index contributed by atoms with van der Waals surface area (Å²) in [4.78, 5) is 22.8. The van der Waals surface area contributed by atoms with Crippen LogP contribution in [-0.2, 0) is 19.1 Å². The summed E-state index contributed by atoms with van der Waals surface area (Å²) < 4.78 is 9.51. The Morgan fingerprint density at radius 3 is 2.12 bits per heavy atom. The minimum absolute atomic E-state index is 0.210. The summed E-state index contributed by atoms with van der Waals surface area (Å²) >= 11 is 0. The first kappa shape index (κ1) is 14.4. The zero-order valence-electron chi connectivity index (χ0n) is 9.51. The summed E-state index contributed by atoms with van der Waals surface area (Å²) in [6.07, 6.45) is 1.73. The van der Waals surface area contributed by atoms with E-state index in [9.17, 15) is 9.59 Å². The van der Waals surface area contributed by atoms with E-state index in [1.165, 1.54) is 6.21 Å². The Morgan fingerprint density at radius 1 is 1.25 bits per heavy atom. The van der Waals surface area contributed by atoms with Gasteiger partial charge < -0.3 is 14.7 Å². The van der Waals surface area contributed by atoms with Crippen molar-refractivity contribution in [1.82, 2.24) is 0 Å². The van der Waals surface area contributed by atoms with Crippen molar-refractivity contribution in [1.29, 1.82) is 0 Å². The molecule has 0 spiro atoms. The SMILES string of the molecule is CCOC(=O)C(CCC=NO)C(=O)OCC. The molecule has 0 fully saturated rings. The molecule has 0 aromatic rings. The second-order valence-corrected chi connectivity index (χ2v) is 2.93. The van der Waals surface area contributed by atoms with E-state index in [0.717, 1.165) is 0 Å². The van der Waals surface area contributed by atoms with Crippen LogP contribution < -0.4 is 0 Å². The summed E-state index contributed by atoms with van der Waals surface area (Å²) in [6.45, 7) is 3.75. The van der Waals surface area contributed by atoms with Crippen molar-refractivity contribution in [3.63, 3.8) is 0 Å². The second-order valence-electron chi connectivity index (χ2n) is 2.93. The molecule has 1 N–H and O–H groups in total. The van der Waals surface area contributed by atoms with Crippen LogP contribution in [0.15, 0.2) is 5.16 Å². The molecule has 0 aliphatic rings. The molecule has 0 unspecified atom stereocenters. The first-order valence-corrected chi connectivity index (χ1v) is 5.16. The third-order valence-corrected chi connectivity index (χ3v) is 1.81. The number of nitrogens with zero attached hydrogens (tertiary/aromatic N) is 1. The van der Waals surface area contributed by atoms with Gasteiger partial charge in [0.25, 0.3) is 0 Å².